The fraction of sp³-hybridized carbons (Fsp3) is 0.562. The van der Waals surface area contributed by atoms with Gasteiger partial charge in [-0.1, -0.05) is 38.1 Å². The Bertz CT molecular complexity index is 1080. The van der Waals surface area contributed by atoms with E-state index in [1.807, 2.05) is 58.9 Å². The third kappa shape index (κ3) is 8.46. The Morgan fingerprint density at radius 2 is 1.72 bits per heavy atom. The van der Waals surface area contributed by atoms with Gasteiger partial charge in [0, 0.05) is 13.0 Å². The van der Waals surface area contributed by atoms with Crippen LogP contribution in [0.4, 0.5) is 0 Å². The van der Waals surface area contributed by atoms with Crippen LogP contribution in [0.3, 0.4) is 0 Å². The van der Waals surface area contributed by atoms with Gasteiger partial charge in [-0.3, -0.25) is 9.59 Å². The van der Waals surface area contributed by atoms with Crippen molar-refractivity contribution in [2.24, 2.45) is 5.41 Å². The van der Waals surface area contributed by atoms with Crippen LogP contribution in [0.1, 0.15) is 96.6 Å². The Labute approximate surface area is 232 Å². The van der Waals surface area contributed by atoms with E-state index in [-0.39, 0.29) is 48.8 Å². The predicted octanol–water partition coefficient (Wildman–Crippen LogP) is 6.88. The molecule has 0 radical (unpaired) electrons. The number of aromatic hydroxyl groups is 1. The summed E-state index contributed by atoms with van der Waals surface area (Å²) in [5, 5.41) is 9.89. The average molecular weight is 541 g/mol. The van der Waals surface area contributed by atoms with Gasteiger partial charge >= 0.3 is 11.9 Å². The molecule has 1 aliphatic heterocycles. The van der Waals surface area contributed by atoms with E-state index in [1.54, 1.807) is 12.1 Å². The van der Waals surface area contributed by atoms with Crippen molar-refractivity contribution in [2.75, 3.05) is 13.2 Å². The number of carbonyl (C=O) groups is 2. The van der Waals surface area contributed by atoms with Crippen molar-refractivity contribution in [1.82, 2.24) is 0 Å². The molecule has 1 heterocycles. The van der Waals surface area contributed by atoms with E-state index in [0.29, 0.717) is 25.9 Å². The third-order valence-electron chi connectivity index (χ3n) is 7.88. The summed E-state index contributed by atoms with van der Waals surface area (Å²) < 4.78 is 22.3. The third-order valence-corrected chi connectivity index (χ3v) is 7.88. The Kier molecular flexibility index (Phi) is 10.4. The van der Waals surface area contributed by atoms with E-state index in [2.05, 4.69) is 19.1 Å². The topological polar surface area (TPSA) is 91.3 Å². The highest BCUT2D eigenvalue weighted by molar-refractivity contribution is 5.78. The van der Waals surface area contributed by atoms with Crippen LogP contribution in [0.25, 0.3) is 0 Å². The summed E-state index contributed by atoms with van der Waals surface area (Å²) in [5.74, 6) is 0.569. The fourth-order valence-electron chi connectivity index (χ4n) is 5.16. The molecule has 1 aliphatic rings. The van der Waals surface area contributed by atoms with Crippen molar-refractivity contribution in [2.45, 2.75) is 97.4 Å². The molecule has 0 amide bonds. The Morgan fingerprint density at radius 1 is 1.08 bits per heavy atom. The molecule has 1 N–H and O–H groups in total. The van der Waals surface area contributed by atoms with Gasteiger partial charge in [0.1, 0.15) is 17.1 Å². The summed E-state index contributed by atoms with van der Waals surface area (Å²) in [7, 11) is 0. The molecule has 0 aromatic heterocycles. The molecule has 2 aromatic carbocycles. The molecule has 214 valence electrons. The van der Waals surface area contributed by atoms with Gasteiger partial charge in [0.15, 0.2) is 6.29 Å². The van der Waals surface area contributed by atoms with Crippen LogP contribution in [0, 0.1) is 5.41 Å². The van der Waals surface area contributed by atoms with E-state index < -0.39 is 11.0 Å². The maximum absolute atomic E-state index is 13.6. The first kappa shape index (κ1) is 30.5. The van der Waals surface area contributed by atoms with E-state index in [1.165, 1.54) is 5.56 Å². The van der Waals surface area contributed by atoms with E-state index in [9.17, 15) is 14.7 Å². The maximum atomic E-state index is 13.6. The first-order valence-electron chi connectivity index (χ1n) is 14.0. The summed E-state index contributed by atoms with van der Waals surface area (Å²) in [5.41, 5.74) is 0.627. The van der Waals surface area contributed by atoms with E-state index in [0.717, 1.165) is 17.7 Å². The lowest BCUT2D eigenvalue weighted by Gasteiger charge is -2.38. The lowest BCUT2D eigenvalue weighted by atomic mass is 9.73. The first-order valence-corrected chi connectivity index (χ1v) is 14.0. The van der Waals surface area contributed by atoms with Crippen molar-refractivity contribution in [3.05, 3.63) is 59.7 Å². The molecular weight excluding hydrogens is 496 g/mol. The maximum Gasteiger partial charge on any atom is 0.312 e. The second-order valence-corrected chi connectivity index (χ2v) is 11.2. The van der Waals surface area contributed by atoms with Crippen molar-refractivity contribution in [3.8, 4) is 11.5 Å². The first-order chi connectivity index (χ1) is 18.5. The largest absolute Gasteiger partial charge is 0.508 e. The molecule has 39 heavy (non-hydrogen) atoms. The fourth-order valence-corrected chi connectivity index (χ4v) is 5.16. The van der Waals surface area contributed by atoms with Crippen molar-refractivity contribution < 1.29 is 33.6 Å². The van der Waals surface area contributed by atoms with Crippen molar-refractivity contribution >= 4 is 11.9 Å². The molecule has 7 heteroatoms. The highest BCUT2D eigenvalue weighted by Gasteiger charge is 2.43. The zero-order chi connectivity index (χ0) is 28.6. The highest BCUT2D eigenvalue weighted by Crippen LogP contribution is 2.42. The van der Waals surface area contributed by atoms with Crippen LogP contribution in [-0.4, -0.2) is 42.1 Å². The Hall–Kier alpha value is -3.06. The molecule has 5 unspecified atom stereocenters. The molecule has 7 nitrogen and oxygen atoms in total. The molecule has 0 bridgehead atoms. The summed E-state index contributed by atoms with van der Waals surface area (Å²) in [4.78, 5) is 25.5. The number of hydrogen-bond donors (Lipinski definition) is 1. The van der Waals surface area contributed by atoms with Gasteiger partial charge in [-0.15, -0.1) is 0 Å². The minimum absolute atomic E-state index is 0.0381. The molecule has 5 atom stereocenters. The minimum Gasteiger partial charge on any atom is -0.508 e. The number of esters is 2. The van der Waals surface area contributed by atoms with Gasteiger partial charge in [0.2, 0.25) is 0 Å². The van der Waals surface area contributed by atoms with Gasteiger partial charge in [-0.05, 0) is 94.2 Å². The molecule has 0 aliphatic carbocycles. The predicted molar refractivity (Wildman–Crippen MR) is 150 cm³/mol. The number of rotatable bonds is 13. The molecule has 1 fully saturated rings. The van der Waals surface area contributed by atoms with Crippen molar-refractivity contribution in [3.63, 3.8) is 0 Å². The monoisotopic (exact) mass is 540 g/mol. The van der Waals surface area contributed by atoms with Crippen LogP contribution in [0.15, 0.2) is 48.5 Å². The summed E-state index contributed by atoms with van der Waals surface area (Å²) in [6, 6.07) is 15.3. The van der Waals surface area contributed by atoms with Crippen LogP contribution < -0.4 is 4.74 Å². The number of cyclic esters (lactones) is 1. The van der Waals surface area contributed by atoms with Gasteiger partial charge in [-0.2, -0.15) is 0 Å². The van der Waals surface area contributed by atoms with Gasteiger partial charge < -0.3 is 24.1 Å². The second kappa shape index (κ2) is 13.3. The Balaban J connectivity index is 1.78. The summed E-state index contributed by atoms with van der Waals surface area (Å²) >= 11 is 0. The SMILES string of the molecule is CCOC(C)Oc1ccc(C(C)CC(CC(C)(CC)C(=O)OC2(C)CCOC(=O)C2)c2ccc(O)cc2)cc1. The number of benzene rings is 2. The van der Waals surface area contributed by atoms with Gasteiger partial charge in [0.25, 0.3) is 0 Å². The Morgan fingerprint density at radius 3 is 2.31 bits per heavy atom. The smallest absolute Gasteiger partial charge is 0.312 e. The lowest BCUT2D eigenvalue weighted by Crippen LogP contribution is -2.44. The molecule has 3 rings (SSSR count). The number of phenolic OH excluding ortho intramolecular Hbond substituents is 1. The van der Waals surface area contributed by atoms with E-state index in [4.69, 9.17) is 18.9 Å². The van der Waals surface area contributed by atoms with Gasteiger partial charge in [-0.25, -0.2) is 0 Å². The standard InChI is InChI=1S/C32H44O7/c1-7-31(5,30(35)39-32(6)17-18-37-29(34)21-32)20-26(25-9-13-27(33)14-10-25)19-22(3)24-11-15-28(16-12-24)38-23(4)36-8-2/h9-16,22-23,26,33H,7-8,17-21H2,1-6H3. The van der Waals surface area contributed by atoms with Gasteiger partial charge in [0.05, 0.1) is 18.4 Å². The number of ether oxygens (including phenoxy) is 4. The summed E-state index contributed by atoms with van der Waals surface area (Å²) in [6.45, 7) is 12.6. The van der Waals surface area contributed by atoms with E-state index >= 15 is 0 Å². The summed E-state index contributed by atoms with van der Waals surface area (Å²) in [6.07, 6.45) is 2.22. The number of phenols is 1. The molecule has 2 aromatic rings. The van der Waals surface area contributed by atoms with Crippen LogP contribution in [0.2, 0.25) is 0 Å². The van der Waals surface area contributed by atoms with Crippen LogP contribution in [-0.2, 0) is 23.8 Å². The molecule has 0 spiro atoms. The number of hydrogen-bond acceptors (Lipinski definition) is 7. The normalized spacial score (nSPS) is 21.2. The second-order valence-electron chi connectivity index (χ2n) is 11.2. The molecule has 0 saturated carbocycles. The van der Waals surface area contributed by atoms with Crippen LogP contribution >= 0.6 is 0 Å². The lowest BCUT2D eigenvalue weighted by molar-refractivity contribution is -0.183. The zero-order valence-electron chi connectivity index (χ0n) is 24.2. The van der Waals surface area contributed by atoms with Crippen LogP contribution in [0.5, 0.6) is 11.5 Å². The highest BCUT2D eigenvalue weighted by atomic mass is 16.7. The zero-order valence-corrected chi connectivity index (χ0v) is 24.2. The minimum atomic E-state index is -0.854. The molecule has 1 saturated heterocycles. The quantitative estimate of drug-likeness (QED) is 0.219. The van der Waals surface area contributed by atoms with Crippen molar-refractivity contribution in [1.29, 1.82) is 0 Å². The molecular formula is C32H44O7. The average Bonchev–Trinajstić information content (AvgIpc) is 2.88. The number of carbonyl (C=O) groups excluding carboxylic acids is 2.